The fraction of sp³-hybridized carbons (Fsp3) is 0.304. The van der Waals surface area contributed by atoms with Gasteiger partial charge in [-0.15, -0.1) is 0 Å². The maximum absolute atomic E-state index is 12.7. The van der Waals surface area contributed by atoms with E-state index in [-0.39, 0.29) is 29.4 Å². The van der Waals surface area contributed by atoms with E-state index >= 15 is 0 Å². The summed E-state index contributed by atoms with van der Waals surface area (Å²) in [6.07, 6.45) is 0. The molecule has 0 radical (unpaired) electrons. The Morgan fingerprint density at radius 2 is 1.37 bits per heavy atom. The standard InChI is InChI=1S/C23H26N2O5/c1-4-25(5-2)20(26)15-24(3)21(27)16-30-23(29)19-14-10-9-13-18(19)22(28)17-11-7-6-8-12-17/h6-14H,4-5,15-16H2,1-3H3. The zero-order chi connectivity index (χ0) is 22.1. The average Bonchev–Trinajstić information content (AvgIpc) is 2.78. The SMILES string of the molecule is CCN(CC)C(=O)CN(C)C(=O)COC(=O)c1ccccc1C(=O)c1ccccc1. The summed E-state index contributed by atoms with van der Waals surface area (Å²) in [5, 5.41) is 0. The van der Waals surface area contributed by atoms with Crippen LogP contribution in [0.15, 0.2) is 54.6 Å². The van der Waals surface area contributed by atoms with E-state index in [2.05, 4.69) is 0 Å². The largest absolute Gasteiger partial charge is 0.452 e. The topological polar surface area (TPSA) is 84.0 Å². The second-order valence-electron chi connectivity index (χ2n) is 6.63. The number of nitrogens with zero attached hydrogens (tertiary/aromatic N) is 2. The number of hydrogen-bond donors (Lipinski definition) is 0. The molecule has 0 bridgehead atoms. The molecule has 0 aliphatic rings. The molecule has 158 valence electrons. The summed E-state index contributed by atoms with van der Waals surface area (Å²) in [5.41, 5.74) is 0.732. The monoisotopic (exact) mass is 410 g/mol. The minimum atomic E-state index is -0.772. The molecule has 0 fully saturated rings. The third kappa shape index (κ3) is 5.76. The van der Waals surface area contributed by atoms with Crippen LogP contribution in [0.1, 0.15) is 40.1 Å². The van der Waals surface area contributed by atoms with Gasteiger partial charge < -0.3 is 14.5 Å². The van der Waals surface area contributed by atoms with Gasteiger partial charge in [-0.25, -0.2) is 4.79 Å². The first kappa shape index (κ1) is 22.8. The van der Waals surface area contributed by atoms with Crippen molar-refractivity contribution in [3.63, 3.8) is 0 Å². The van der Waals surface area contributed by atoms with Gasteiger partial charge in [-0.2, -0.15) is 0 Å². The predicted molar refractivity (Wildman–Crippen MR) is 112 cm³/mol. The Balaban J connectivity index is 2.02. The van der Waals surface area contributed by atoms with Crippen molar-refractivity contribution in [2.24, 2.45) is 0 Å². The van der Waals surface area contributed by atoms with Gasteiger partial charge in [0.1, 0.15) is 0 Å². The first-order valence-electron chi connectivity index (χ1n) is 9.76. The highest BCUT2D eigenvalue weighted by Gasteiger charge is 2.21. The maximum atomic E-state index is 12.7. The highest BCUT2D eigenvalue weighted by atomic mass is 16.5. The van der Waals surface area contributed by atoms with E-state index in [1.54, 1.807) is 53.4 Å². The number of likely N-dealkylation sites (N-methyl/N-ethyl adjacent to an activating group) is 2. The molecule has 0 saturated carbocycles. The van der Waals surface area contributed by atoms with Crippen LogP contribution >= 0.6 is 0 Å². The van der Waals surface area contributed by atoms with Crippen LogP contribution in [-0.4, -0.2) is 66.7 Å². The zero-order valence-electron chi connectivity index (χ0n) is 17.5. The predicted octanol–water partition coefficient (Wildman–Crippen LogP) is 2.40. The molecule has 0 unspecified atom stereocenters. The summed E-state index contributed by atoms with van der Waals surface area (Å²) in [7, 11) is 1.48. The first-order valence-corrected chi connectivity index (χ1v) is 9.76. The molecule has 0 aliphatic carbocycles. The average molecular weight is 410 g/mol. The molecule has 0 aliphatic heterocycles. The number of carbonyl (C=O) groups excluding carboxylic acids is 4. The van der Waals surface area contributed by atoms with Crippen LogP contribution in [0.5, 0.6) is 0 Å². The van der Waals surface area contributed by atoms with Gasteiger partial charge in [-0.05, 0) is 19.9 Å². The van der Waals surface area contributed by atoms with Crippen LogP contribution in [0.3, 0.4) is 0 Å². The van der Waals surface area contributed by atoms with Gasteiger partial charge >= 0.3 is 5.97 Å². The Hall–Kier alpha value is -3.48. The molecule has 2 aromatic carbocycles. The third-order valence-electron chi connectivity index (χ3n) is 4.67. The molecule has 0 saturated heterocycles. The molecule has 7 heteroatoms. The lowest BCUT2D eigenvalue weighted by Crippen LogP contribution is -2.42. The van der Waals surface area contributed by atoms with Gasteiger partial charge in [0.2, 0.25) is 5.91 Å². The van der Waals surface area contributed by atoms with Gasteiger partial charge in [0, 0.05) is 31.3 Å². The molecule has 7 nitrogen and oxygen atoms in total. The molecule has 0 atom stereocenters. The Morgan fingerprint density at radius 1 is 0.800 bits per heavy atom. The smallest absolute Gasteiger partial charge is 0.339 e. The first-order chi connectivity index (χ1) is 14.4. The number of ether oxygens (including phenoxy) is 1. The highest BCUT2D eigenvalue weighted by molar-refractivity contribution is 6.14. The van der Waals surface area contributed by atoms with Crippen molar-refractivity contribution < 1.29 is 23.9 Å². The minimum absolute atomic E-state index is 0.0843. The van der Waals surface area contributed by atoms with Crippen LogP contribution in [0.25, 0.3) is 0 Å². The molecule has 2 aromatic rings. The molecule has 2 rings (SSSR count). The van der Waals surface area contributed by atoms with Crippen LogP contribution < -0.4 is 0 Å². The number of rotatable bonds is 9. The summed E-state index contributed by atoms with van der Waals surface area (Å²) in [4.78, 5) is 52.5. The summed E-state index contributed by atoms with van der Waals surface area (Å²) < 4.78 is 5.13. The van der Waals surface area contributed by atoms with Crippen LogP contribution in [0, 0.1) is 0 Å². The molecular weight excluding hydrogens is 384 g/mol. The summed E-state index contributed by atoms with van der Waals surface area (Å²) >= 11 is 0. The number of carbonyl (C=O) groups is 4. The Labute approximate surface area is 176 Å². The summed E-state index contributed by atoms with van der Waals surface area (Å²) in [5.74, 6) is -1.76. The normalized spacial score (nSPS) is 10.2. The van der Waals surface area contributed by atoms with Crippen molar-refractivity contribution in [3.05, 3.63) is 71.3 Å². The van der Waals surface area contributed by atoms with E-state index in [0.29, 0.717) is 18.7 Å². The van der Waals surface area contributed by atoms with Crippen molar-refractivity contribution in [2.75, 3.05) is 33.3 Å². The molecule has 2 amide bonds. The van der Waals surface area contributed by atoms with E-state index in [1.165, 1.54) is 18.0 Å². The van der Waals surface area contributed by atoms with E-state index in [4.69, 9.17) is 4.74 Å². The zero-order valence-corrected chi connectivity index (χ0v) is 17.5. The van der Waals surface area contributed by atoms with E-state index in [0.717, 1.165) is 0 Å². The van der Waals surface area contributed by atoms with Crippen LogP contribution in [-0.2, 0) is 14.3 Å². The molecule has 30 heavy (non-hydrogen) atoms. The number of amides is 2. The van der Waals surface area contributed by atoms with Gasteiger partial charge in [-0.1, -0.05) is 48.5 Å². The van der Waals surface area contributed by atoms with Crippen LogP contribution in [0.2, 0.25) is 0 Å². The second kappa shape index (κ2) is 10.9. The molecular formula is C23H26N2O5. The van der Waals surface area contributed by atoms with E-state index in [9.17, 15) is 19.2 Å². The molecule has 0 aromatic heterocycles. The van der Waals surface area contributed by atoms with Crippen molar-refractivity contribution in [2.45, 2.75) is 13.8 Å². The van der Waals surface area contributed by atoms with Gasteiger partial charge in [0.25, 0.3) is 5.91 Å². The fourth-order valence-electron chi connectivity index (χ4n) is 2.89. The molecule has 0 N–H and O–H groups in total. The number of esters is 1. The summed E-state index contributed by atoms with van der Waals surface area (Å²) in [6.45, 7) is 4.21. The van der Waals surface area contributed by atoms with Crippen molar-refractivity contribution in [1.82, 2.24) is 9.80 Å². The quantitative estimate of drug-likeness (QED) is 0.468. The van der Waals surface area contributed by atoms with E-state index < -0.39 is 18.5 Å². The second-order valence-corrected chi connectivity index (χ2v) is 6.63. The number of ketones is 1. The van der Waals surface area contributed by atoms with Crippen molar-refractivity contribution >= 4 is 23.6 Å². The van der Waals surface area contributed by atoms with Gasteiger partial charge in [0.05, 0.1) is 12.1 Å². The lowest BCUT2D eigenvalue weighted by Gasteiger charge is -2.23. The molecule has 0 spiro atoms. The highest BCUT2D eigenvalue weighted by Crippen LogP contribution is 2.16. The number of hydrogen-bond acceptors (Lipinski definition) is 5. The Bertz CT molecular complexity index is 907. The lowest BCUT2D eigenvalue weighted by atomic mass is 9.98. The molecule has 0 heterocycles. The maximum Gasteiger partial charge on any atom is 0.339 e. The van der Waals surface area contributed by atoms with Crippen LogP contribution in [0.4, 0.5) is 0 Å². The Kier molecular flexibility index (Phi) is 8.29. The Morgan fingerprint density at radius 3 is 1.97 bits per heavy atom. The van der Waals surface area contributed by atoms with Gasteiger partial charge in [0.15, 0.2) is 12.4 Å². The fourth-order valence-corrected chi connectivity index (χ4v) is 2.89. The summed E-state index contributed by atoms with van der Waals surface area (Å²) in [6, 6.07) is 14.9. The van der Waals surface area contributed by atoms with Gasteiger partial charge in [-0.3, -0.25) is 14.4 Å². The third-order valence-corrected chi connectivity index (χ3v) is 4.67. The lowest BCUT2D eigenvalue weighted by molar-refractivity contribution is -0.140. The van der Waals surface area contributed by atoms with Crippen molar-refractivity contribution in [3.8, 4) is 0 Å². The van der Waals surface area contributed by atoms with Crippen molar-refractivity contribution in [1.29, 1.82) is 0 Å². The number of benzene rings is 2. The minimum Gasteiger partial charge on any atom is -0.452 e. The van der Waals surface area contributed by atoms with E-state index in [1.807, 2.05) is 13.8 Å².